The van der Waals surface area contributed by atoms with Crippen molar-refractivity contribution in [2.75, 3.05) is 19.5 Å². The molecule has 7 heterocycles. The number of carbonyl (C=O) groups excluding carboxylic acids is 3. The number of allylic oxidation sites excluding steroid dienone is 1. The second-order valence-electron chi connectivity index (χ2n) is 28.4. The fourth-order valence-corrected chi connectivity index (χ4v) is 16.7. The molecule has 15 rings (SSSR count). The summed E-state index contributed by atoms with van der Waals surface area (Å²) in [4.78, 5) is 58.0. The number of fused-ring (bicyclic) bond motifs is 6. The van der Waals surface area contributed by atoms with Gasteiger partial charge in [-0.2, -0.15) is 0 Å². The molecule has 24 heteroatoms. The summed E-state index contributed by atoms with van der Waals surface area (Å²) < 4.78 is 81.7. The first-order valence-electron chi connectivity index (χ1n) is 35.6. The van der Waals surface area contributed by atoms with Crippen molar-refractivity contribution >= 4 is 72.9 Å². The van der Waals surface area contributed by atoms with Gasteiger partial charge in [-0.15, -0.1) is 13.2 Å². The van der Waals surface area contributed by atoms with E-state index < -0.39 is 24.2 Å². The van der Waals surface area contributed by atoms with Crippen LogP contribution in [0.2, 0.25) is 0 Å². The van der Waals surface area contributed by atoms with Crippen molar-refractivity contribution in [1.82, 2.24) is 38.2 Å². The third-order valence-corrected chi connectivity index (χ3v) is 23.7. The summed E-state index contributed by atoms with van der Waals surface area (Å²) in [5, 5.41) is 22.2. The molecule has 576 valence electrons. The SMILES string of the molecule is C.C.C=CC1(O)CCCC2=Cc3c(-c4ccc(F)cc4)ncn3CC21C.C=CC1(O)CCCC2=Cc3c(-c4ccc(F)cc4)ncn3CC21C.C=NCP(=O)(OCC)OCC.CC1(Cn2cnc(-c3ccc(F)cc3)c2)C(=O)CCCC1=O.CC12Cn3cnc(-c4ccc(F)cc4)c3C=C1CCCC2=O.[Br-].[CH-]=C.[Mg+2]. The van der Waals surface area contributed by atoms with E-state index >= 15 is 0 Å². The van der Waals surface area contributed by atoms with Gasteiger partial charge < -0.3 is 61.1 Å². The number of aromatic nitrogens is 8. The van der Waals surface area contributed by atoms with Crippen LogP contribution in [0.1, 0.15) is 151 Å². The average molecular weight is 1590 g/mol. The topological polar surface area (TPSA) is 211 Å². The van der Waals surface area contributed by atoms with E-state index in [9.17, 15) is 46.7 Å². The van der Waals surface area contributed by atoms with Crippen molar-refractivity contribution in [3.8, 4) is 45.0 Å². The maximum atomic E-state index is 13.2. The van der Waals surface area contributed by atoms with Gasteiger partial charge >= 0.3 is 30.6 Å². The van der Waals surface area contributed by atoms with Crippen LogP contribution in [0, 0.1) is 51.5 Å². The zero-order valence-corrected chi connectivity index (χ0v) is 65.7. The summed E-state index contributed by atoms with van der Waals surface area (Å²) in [5.41, 5.74) is 9.70. The third kappa shape index (κ3) is 18.8. The van der Waals surface area contributed by atoms with Gasteiger partial charge in [0.1, 0.15) is 52.3 Å². The third-order valence-electron chi connectivity index (χ3n) is 21.8. The van der Waals surface area contributed by atoms with Crippen molar-refractivity contribution in [3.05, 3.63) is 224 Å². The number of imidazole rings is 4. The van der Waals surface area contributed by atoms with Crippen LogP contribution >= 0.6 is 7.60 Å². The fourth-order valence-electron chi connectivity index (χ4n) is 15.5. The van der Waals surface area contributed by atoms with Crippen LogP contribution in [-0.2, 0) is 54.2 Å². The molecule has 0 radical (unpaired) electrons. The number of carbonyl (C=O) groups is 3. The minimum Gasteiger partial charge on any atom is -1.00 e. The molecule has 8 aromatic rings. The van der Waals surface area contributed by atoms with Gasteiger partial charge in [-0.3, -0.25) is 30.5 Å². The van der Waals surface area contributed by atoms with Crippen molar-refractivity contribution in [1.29, 1.82) is 0 Å². The zero-order chi connectivity index (χ0) is 75.7. The average Bonchev–Trinajstić information content (AvgIpc) is 1.73. The normalized spacial score (nSPS) is 22.2. The molecule has 5 unspecified atom stereocenters. The summed E-state index contributed by atoms with van der Waals surface area (Å²) in [6, 6.07) is 25.3. The Kier molecular flexibility index (Phi) is 31.1. The maximum Gasteiger partial charge on any atom is 2.00 e. The van der Waals surface area contributed by atoms with E-state index in [2.05, 4.69) is 99.2 Å². The largest absolute Gasteiger partial charge is 2.00 e. The number of hydrogen-bond donors (Lipinski definition) is 2. The van der Waals surface area contributed by atoms with E-state index in [4.69, 9.17) is 9.05 Å². The number of ketones is 3. The summed E-state index contributed by atoms with van der Waals surface area (Å²) in [6.07, 6.45) is 28.1. The van der Waals surface area contributed by atoms with Crippen LogP contribution in [-0.4, -0.2) is 126 Å². The first-order chi connectivity index (χ1) is 50.2. The van der Waals surface area contributed by atoms with Crippen LogP contribution in [0.3, 0.4) is 0 Å². The first kappa shape index (κ1) is 89.8. The summed E-state index contributed by atoms with van der Waals surface area (Å²) in [5.74, 6) is -0.717. The van der Waals surface area contributed by atoms with Crippen molar-refractivity contribution in [3.63, 3.8) is 0 Å². The number of Topliss-reactive ketones (excluding diaryl/α,β-unsaturated/α-hetero) is 3. The first-order valence-corrected chi connectivity index (χ1v) is 37.3. The van der Waals surface area contributed by atoms with Crippen LogP contribution < -0.4 is 17.0 Å². The molecule has 2 N–H and O–H groups in total. The number of halogens is 5. The van der Waals surface area contributed by atoms with Crippen molar-refractivity contribution < 1.29 is 72.8 Å². The molecule has 0 saturated heterocycles. The van der Waals surface area contributed by atoms with Gasteiger partial charge in [0, 0.05) is 84.7 Å². The Labute approximate surface area is 665 Å². The standard InChI is InChI=1S/2C20H21FN2O.C18H17FN2O.C17H17FN2O2.C6H14NO3P.C2H3.2CH4.BrH.Mg/c2*1-3-20(24)10-4-5-15-11-17-18(14-6-8-16(21)9-7-14)22-13-23(17)12-19(15,20)2;1-18-10-21-11-20-17(12-5-7-14(19)8-6-12)15(21)9-13(18)3-2-4-16(18)22;1-17(15(21)3-2-4-16(17)22)10-20-9-14(19-11-20)12-5-7-13(18)8-6-12;1-4-9-11(8,6-7-3)10-5-2;1-2;;;;/h2*3,6-9,11,13,24H,1,4-5,10,12H2,2H3;2*5-9,11H,2-4,10H2,1H3;3-6H2,1-2H3;1H,2H2;2*1H4;1H;/q;;;;;-1;;;;+2/p-1. The smallest absolute Gasteiger partial charge is 1.00 e. The number of aliphatic imine (C=N–C) groups is 1. The van der Waals surface area contributed by atoms with E-state index in [1.807, 2.05) is 24.1 Å². The molecule has 4 aromatic heterocycles. The molecule has 17 nitrogen and oxygen atoms in total. The molecule has 5 atom stereocenters. The van der Waals surface area contributed by atoms with Gasteiger partial charge in [-0.1, -0.05) is 57.6 Å². The van der Waals surface area contributed by atoms with E-state index in [0.717, 1.165) is 108 Å². The van der Waals surface area contributed by atoms with Crippen molar-refractivity contribution in [2.24, 2.45) is 26.7 Å². The summed E-state index contributed by atoms with van der Waals surface area (Å²) in [6.45, 7) is 32.5. The monoisotopic (exact) mass is 1590 g/mol. The predicted octanol–water partition coefficient (Wildman–Crippen LogP) is 15.7. The van der Waals surface area contributed by atoms with Gasteiger partial charge in [0.05, 0.1) is 95.0 Å². The Morgan fingerprint density at radius 3 is 1.26 bits per heavy atom. The molecule has 4 aliphatic carbocycles. The quantitative estimate of drug-likeness (QED) is 0.0198. The summed E-state index contributed by atoms with van der Waals surface area (Å²) >= 11 is 0. The maximum absolute atomic E-state index is 13.2. The van der Waals surface area contributed by atoms with E-state index in [0.29, 0.717) is 76.6 Å². The molecule has 4 saturated carbocycles. The minimum absolute atomic E-state index is 0. The van der Waals surface area contributed by atoms with Crippen LogP contribution in [0.25, 0.3) is 63.3 Å². The van der Waals surface area contributed by atoms with E-state index in [-0.39, 0.29) is 112 Å². The number of benzene rings is 4. The van der Waals surface area contributed by atoms with Gasteiger partial charge in [0.25, 0.3) is 0 Å². The van der Waals surface area contributed by atoms with Gasteiger partial charge in [-0.25, -0.2) is 37.5 Å². The van der Waals surface area contributed by atoms with Gasteiger partial charge in [0.2, 0.25) is 0 Å². The summed E-state index contributed by atoms with van der Waals surface area (Å²) in [7, 11) is -2.95. The molecule has 109 heavy (non-hydrogen) atoms. The van der Waals surface area contributed by atoms with Crippen LogP contribution in [0.4, 0.5) is 17.6 Å². The molecule has 4 aromatic carbocycles. The molecule has 7 aliphatic rings. The van der Waals surface area contributed by atoms with Crippen molar-refractivity contribution in [2.45, 2.75) is 171 Å². The zero-order valence-electron chi connectivity index (χ0n) is 61.8. The predicted molar refractivity (Wildman–Crippen MR) is 422 cm³/mol. The van der Waals surface area contributed by atoms with Crippen LogP contribution in [0.5, 0.6) is 0 Å². The molecule has 0 amide bonds. The second-order valence-corrected chi connectivity index (χ2v) is 30.4. The van der Waals surface area contributed by atoms with Gasteiger partial charge in [-0.05, 0) is 207 Å². The Morgan fingerprint density at radius 2 is 0.881 bits per heavy atom. The Balaban J connectivity index is 0.000000213. The number of aliphatic hydroxyl groups is 2. The van der Waals surface area contributed by atoms with E-state index in [1.54, 1.807) is 105 Å². The Morgan fingerprint density at radius 1 is 0.532 bits per heavy atom. The Bertz CT molecular complexity index is 4500. The number of hydrogen-bond acceptors (Lipinski definition) is 13. The molecule has 3 aliphatic heterocycles. The molecule has 0 bridgehead atoms. The minimum atomic E-state index is -2.95. The molecular formula is C85H101BrF4MgN9O8P. The van der Waals surface area contributed by atoms with E-state index in [1.165, 1.54) is 65.3 Å². The second kappa shape index (κ2) is 37.7. The van der Waals surface area contributed by atoms with Crippen LogP contribution in [0.15, 0.2) is 182 Å². The van der Waals surface area contributed by atoms with Gasteiger partial charge in [0.15, 0.2) is 0 Å². The number of rotatable bonds is 14. The fraction of sp³-hybridized carbons (Fsp3) is 0.388. The molecule has 0 spiro atoms. The number of nitrogens with zero attached hydrogens (tertiary/aromatic N) is 9. The molecular weight excluding hydrogens is 1490 g/mol. The molecule has 4 fully saturated rings. The Hall–Kier alpha value is -8.12.